The van der Waals surface area contributed by atoms with Gasteiger partial charge in [-0.1, -0.05) is 30.3 Å². The van der Waals surface area contributed by atoms with Gasteiger partial charge < -0.3 is 15.4 Å². The fourth-order valence-corrected chi connectivity index (χ4v) is 3.84. The van der Waals surface area contributed by atoms with Crippen molar-refractivity contribution >= 4 is 45.5 Å². The molecule has 0 saturated carbocycles. The van der Waals surface area contributed by atoms with Crippen molar-refractivity contribution in [3.8, 4) is 11.1 Å². The summed E-state index contributed by atoms with van der Waals surface area (Å²) in [4.78, 5) is 21.5. The third-order valence-corrected chi connectivity index (χ3v) is 4.79. The van der Waals surface area contributed by atoms with Crippen LogP contribution in [-0.4, -0.2) is 28.2 Å². The molecule has 0 fully saturated rings. The molecular weight excluding hydrogens is 368 g/mol. The van der Waals surface area contributed by atoms with Gasteiger partial charge in [-0.25, -0.2) is 9.78 Å². The van der Waals surface area contributed by atoms with Crippen molar-refractivity contribution in [2.24, 2.45) is 0 Å². The third kappa shape index (κ3) is 3.87. The topological polar surface area (TPSA) is 76.1 Å². The van der Waals surface area contributed by atoms with E-state index in [1.165, 1.54) is 18.4 Å². The van der Waals surface area contributed by atoms with E-state index in [-0.39, 0.29) is 0 Å². The molecule has 2 aromatic heterocycles. The van der Waals surface area contributed by atoms with E-state index in [4.69, 9.17) is 17.0 Å². The van der Waals surface area contributed by atoms with Gasteiger partial charge in [0.2, 0.25) is 0 Å². The Morgan fingerprint density at radius 3 is 2.62 bits per heavy atom. The Morgan fingerprint density at radius 1 is 1.19 bits per heavy atom. The number of thiophene rings is 1. The molecule has 0 radical (unpaired) electrons. The number of carbonyl (C=O) groups excluding carboxylic acids is 1. The molecule has 132 valence electrons. The Kier molecular flexibility index (Phi) is 5.55. The van der Waals surface area contributed by atoms with Crippen LogP contribution in [0.2, 0.25) is 0 Å². The third-order valence-electron chi connectivity index (χ3n) is 3.57. The number of anilines is 2. The Bertz CT molecular complexity index is 927. The van der Waals surface area contributed by atoms with E-state index in [2.05, 4.69) is 20.6 Å². The molecule has 0 saturated heterocycles. The predicted octanol–water partition coefficient (Wildman–Crippen LogP) is 4.11. The van der Waals surface area contributed by atoms with Crippen LogP contribution in [-0.2, 0) is 4.74 Å². The number of aromatic nitrogens is 2. The van der Waals surface area contributed by atoms with Gasteiger partial charge in [0.15, 0.2) is 10.9 Å². The number of nitrogens with zero attached hydrogens (tertiary/aromatic N) is 2. The van der Waals surface area contributed by atoms with E-state index in [9.17, 15) is 4.79 Å². The molecule has 0 aliphatic rings. The molecule has 2 N–H and O–H groups in total. The quantitative estimate of drug-likeness (QED) is 0.518. The average molecular weight is 384 g/mol. The van der Waals surface area contributed by atoms with Crippen LogP contribution in [0.5, 0.6) is 0 Å². The molecule has 1 aromatic carbocycles. The SMILES string of the molecule is COC(=O)c1c(NC(=S)Nc2cnccn2)sc(C)c1-c1ccccc1. The van der Waals surface area contributed by atoms with Crippen LogP contribution in [0.1, 0.15) is 15.2 Å². The minimum absolute atomic E-state index is 0.316. The zero-order valence-corrected chi connectivity index (χ0v) is 15.8. The first-order valence-corrected chi connectivity index (χ1v) is 8.93. The maximum atomic E-state index is 12.4. The van der Waals surface area contributed by atoms with E-state index in [0.717, 1.165) is 16.0 Å². The lowest BCUT2D eigenvalue weighted by Crippen LogP contribution is -2.20. The van der Waals surface area contributed by atoms with Crippen molar-refractivity contribution < 1.29 is 9.53 Å². The van der Waals surface area contributed by atoms with Gasteiger partial charge in [0, 0.05) is 22.8 Å². The molecule has 0 atom stereocenters. The number of thiocarbonyl (C=S) groups is 1. The Labute approximate surface area is 160 Å². The highest BCUT2D eigenvalue weighted by molar-refractivity contribution is 7.80. The molecule has 0 aliphatic heterocycles. The predicted molar refractivity (Wildman–Crippen MR) is 108 cm³/mol. The van der Waals surface area contributed by atoms with Crippen LogP contribution in [0.15, 0.2) is 48.9 Å². The summed E-state index contributed by atoms with van der Waals surface area (Å²) < 4.78 is 4.99. The second kappa shape index (κ2) is 8.03. The number of benzene rings is 1. The maximum absolute atomic E-state index is 12.4. The first-order chi connectivity index (χ1) is 12.6. The number of rotatable bonds is 4. The van der Waals surface area contributed by atoms with Crippen LogP contribution in [0, 0.1) is 6.92 Å². The molecule has 0 aliphatic carbocycles. The number of carbonyl (C=O) groups is 1. The van der Waals surface area contributed by atoms with Crippen molar-refractivity contribution in [1.82, 2.24) is 9.97 Å². The molecular formula is C18H16N4O2S2. The fourth-order valence-electron chi connectivity index (χ4n) is 2.50. The maximum Gasteiger partial charge on any atom is 0.341 e. The number of ether oxygens (including phenoxy) is 1. The zero-order valence-electron chi connectivity index (χ0n) is 14.1. The molecule has 0 unspecified atom stereocenters. The highest BCUT2D eigenvalue weighted by Gasteiger charge is 2.24. The summed E-state index contributed by atoms with van der Waals surface area (Å²) in [6, 6.07) is 9.71. The number of nitrogens with one attached hydrogen (secondary N) is 2. The van der Waals surface area contributed by atoms with Crippen LogP contribution in [0.4, 0.5) is 10.8 Å². The summed E-state index contributed by atoms with van der Waals surface area (Å²) in [5.41, 5.74) is 2.25. The normalized spacial score (nSPS) is 10.2. The average Bonchev–Trinajstić information content (AvgIpc) is 2.98. The van der Waals surface area contributed by atoms with Crippen molar-refractivity contribution in [2.45, 2.75) is 6.92 Å². The van der Waals surface area contributed by atoms with Gasteiger partial charge in [-0.3, -0.25) is 4.98 Å². The summed E-state index contributed by atoms with van der Waals surface area (Å²) in [6.45, 7) is 1.96. The zero-order chi connectivity index (χ0) is 18.5. The van der Waals surface area contributed by atoms with Gasteiger partial charge in [-0.15, -0.1) is 11.3 Å². The van der Waals surface area contributed by atoms with Crippen LogP contribution in [0.3, 0.4) is 0 Å². The summed E-state index contributed by atoms with van der Waals surface area (Å²) in [6.07, 6.45) is 4.70. The van der Waals surface area contributed by atoms with Crippen molar-refractivity contribution in [1.29, 1.82) is 0 Å². The highest BCUT2D eigenvalue weighted by Crippen LogP contribution is 2.40. The number of aryl methyl sites for hydroxylation is 1. The standard InChI is InChI=1S/C18H16N4O2S2/c1-11-14(12-6-4-3-5-7-12)15(17(23)24-2)16(26-11)22-18(25)21-13-10-19-8-9-20-13/h3-10H,1-2H3,(H2,20,21,22,25). The molecule has 6 nitrogen and oxygen atoms in total. The lowest BCUT2D eigenvalue weighted by atomic mass is 10.0. The summed E-state index contributed by atoms with van der Waals surface area (Å²) in [7, 11) is 1.37. The van der Waals surface area contributed by atoms with Crippen LogP contribution < -0.4 is 10.6 Å². The van der Waals surface area contributed by atoms with Gasteiger partial charge in [-0.05, 0) is 24.7 Å². The smallest absolute Gasteiger partial charge is 0.341 e. The van der Waals surface area contributed by atoms with Gasteiger partial charge in [0.25, 0.3) is 0 Å². The molecule has 2 heterocycles. The number of methoxy groups -OCH3 is 1. The van der Waals surface area contributed by atoms with Gasteiger partial charge in [0.1, 0.15) is 10.6 Å². The van der Waals surface area contributed by atoms with Gasteiger partial charge in [-0.2, -0.15) is 0 Å². The second-order valence-electron chi connectivity index (χ2n) is 5.26. The summed E-state index contributed by atoms with van der Waals surface area (Å²) in [5.74, 6) is 0.0965. The Balaban J connectivity index is 1.94. The molecule has 0 amide bonds. The van der Waals surface area contributed by atoms with Gasteiger partial charge >= 0.3 is 5.97 Å². The Hall–Kier alpha value is -2.84. The summed E-state index contributed by atoms with van der Waals surface area (Å²) in [5, 5.41) is 6.96. The van der Waals surface area contributed by atoms with Crippen LogP contribution >= 0.6 is 23.6 Å². The molecule has 0 spiro atoms. The van der Waals surface area contributed by atoms with Crippen molar-refractivity contribution in [3.63, 3.8) is 0 Å². The minimum Gasteiger partial charge on any atom is -0.465 e. The molecule has 26 heavy (non-hydrogen) atoms. The molecule has 0 bridgehead atoms. The van der Waals surface area contributed by atoms with Crippen molar-refractivity contribution in [2.75, 3.05) is 17.7 Å². The largest absolute Gasteiger partial charge is 0.465 e. The van der Waals surface area contributed by atoms with E-state index in [1.807, 2.05) is 37.3 Å². The van der Waals surface area contributed by atoms with Gasteiger partial charge in [0.05, 0.1) is 13.3 Å². The highest BCUT2D eigenvalue weighted by atomic mass is 32.1. The van der Waals surface area contributed by atoms with E-state index < -0.39 is 5.97 Å². The monoisotopic (exact) mass is 384 g/mol. The van der Waals surface area contributed by atoms with E-state index in [1.54, 1.807) is 18.6 Å². The van der Waals surface area contributed by atoms with E-state index in [0.29, 0.717) is 21.5 Å². The fraction of sp³-hybridized carbons (Fsp3) is 0.111. The lowest BCUT2D eigenvalue weighted by molar-refractivity contribution is 0.0603. The molecule has 8 heteroatoms. The first-order valence-electron chi connectivity index (χ1n) is 7.71. The summed E-state index contributed by atoms with van der Waals surface area (Å²) >= 11 is 6.78. The Morgan fingerprint density at radius 2 is 1.96 bits per heavy atom. The molecule has 3 aromatic rings. The number of hydrogen-bond donors (Lipinski definition) is 2. The van der Waals surface area contributed by atoms with Crippen molar-refractivity contribution in [3.05, 3.63) is 59.4 Å². The van der Waals surface area contributed by atoms with E-state index >= 15 is 0 Å². The number of esters is 1. The minimum atomic E-state index is -0.419. The lowest BCUT2D eigenvalue weighted by Gasteiger charge is -2.10. The first kappa shape index (κ1) is 18.0. The molecule has 3 rings (SSSR count). The second-order valence-corrected chi connectivity index (χ2v) is 6.90. The number of hydrogen-bond acceptors (Lipinski definition) is 6. The van der Waals surface area contributed by atoms with Crippen LogP contribution in [0.25, 0.3) is 11.1 Å².